The van der Waals surface area contributed by atoms with E-state index in [4.69, 9.17) is 4.74 Å². The maximum Gasteiger partial charge on any atom is 0.261 e. The van der Waals surface area contributed by atoms with Crippen molar-refractivity contribution in [2.75, 3.05) is 30.0 Å². The second-order valence-corrected chi connectivity index (χ2v) is 9.27. The Kier molecular flexibility index (Phi) is 7.06. The summed E-state index contributed by atoms with van der Waals surface area (Å²) in [7, 11) is -3.64. The van der Waals surface area contributed by atoms with Gasteiger partial charge in [-0.1, -0.05) is 24.3 Å². The van der Waals surface area contributed by atoms with E-state index in [0.717, 1.165) is 4.90 Å². The van der Waals surface area contributed by atoms with E-state index in [0.29, 0.717) is 35.6 Å². The van der Waals surface area contributed by atoms with Crippen molar-refractivity contribution in [3.05, 3.63) is 59.7 Å². The first kappa shape index (κ1) is 22.5. The lowest BCUT2D eigenvalue weighted by molar-refractivity contribution is -0.113. The molecular formula is C22H24N2O6S. The van der Waals surface area contributed by atoms with Crippen molar-refractivity contribution in [3.63, 3.8) is 0 Å². The number of carbonyl (C=O) groups excluding carboxylic acids is 3. The number of ether oxygens (including phenoxy) is 1. The molecule has 9 heteroatoms. The summed E-state index contributed by atoms with van der Waals surface area (Å²) in [6.07, 6.45) is 0.568. The molecule has 31 heavy (non-hydrogen) atoms. The Morgan fingerprint density at radius 3 is 2.23 bits per heavy atom. The van der Waals surface area contributed by atoms with Gasteiger partial charge in [0.15, 0.2) is 9.84 Å². The van der Waals surface area contributed by atoms with Gasteiger partial charge in [0.2, 0.25) is 5.91 Å². The van der Waals surface area contributed by atoms with Crippen LogP contribution < -0.4 is 10.1 Å². The van der Waals surface area contributed by atoms with Crippen molar-refractivity contribution in [1.82, 2.24) is 4.90 Å². The van der Waals surface area contributed by atoms with Gasteiger partial charge in [-0.3, -0.25) is 19.3 Å². The van der Waals surface area contributed by atoms with E-state index in [9.17, 15) is 22.8 Å². The zero-order valence-corrected chi connectivity index (χ0v) is 18.0. The molecule has 0 saturated carbocycles. The summed E-state index contributed by atoms with van der Waals surface area (Å²) in [5.41, 5.74) is 1.14. The Labute approximate surface area is 181 Å². The quantitative estimate of drug-likeness (QED) is 0.445. The Balaban J connectivity index is 1.47. The van der Waals surface area contributed by atoms with E-state index >= 15 is 0 Å². The van der Waals surface area contributed by atoms with Gasteiger partial charge in [0, 0.05) is 6.54 Å². The van der Waals surface area contributed by atoms with Gasteiger partial charge >= 0.3 is 0 Å². The van der Waals surface area contributed by atoms with Crippen LogP contribution in [-0.2, 0) is 14.6 Å². The van der Waals surface area contributed by atoms with Gasteiger partial charge in [-0.05, 0) is 44.0 Å². The molecule has 2 aromatic rings. The first-order valence-electron chi connectivity index (χ1n) is 9.99. The van der Waals surface area contributed by atoms with Gasteiger partial charge < -0.3 is 10.1 Å². The van der Waals surface area contributed by atoms with Crippen molar-refractivity contribution in [2.24, 2.45) is 0 Å². The summed E-state index contributed by atoms with van der Waals surface area (Å²) in [4.78, 5) is 38.0. The molecule has 3 rings (SSSR count). The van der Waals surface area contributed by atoms with Crippen LogP contribution in [0.5, 0.6) is 5.75 Å². The number of unbranched alkanes of at least 4 members (excludes halogenated alkanes) is 1. The molecule has 2 aromatic carbocycles. The van der Waals surface area contributed by atoms with E-state index in [1.165, 1.54) is 0 Å². The number of carbonyl (C=O) groups is 3. The Bertz CT molecular complexity index is 1060. The zero-order chi connectivity index (χ0) is 22.4. The van der Waals surface area contributed by atoms with E-state index in [1.807, 2.05) is 6.92 Å². The minimum atomic E-state index is -3.64. The smallest absolute Gasteiger partial charge is 0.261 e. The summed E-state index contributed by atoms with van der Waals surface area (Å²) in [6.45, 7) is 2.36. The highest BCUT2D eigenvalue weighted by Gasteiger charge is 2.34. The second-order valence-electron chi connectivity index (χ2n) is 7.08. The molecule has 0 unspecified atom stereocenters. The Hall–Kier alpha value is -3.20. The van der Waals surface area contributed by atoms with E-state index < -0.39 is 21.5 Å². The highest BCUT2D eigenvalue weighted by atomic mass is 32.2. The maximum atomic E-state index is 12.3. The fourth-order valence-electron chi connectivity index (χ4n) is 3.34. The molecule has 0 radical (unpaired) electrons. The molecule has 0 spiro atoms. The van der Waals surface area contributed by atoms with Crippen LogP contribution in [0.15, 0.2) is 48.5 Å². The highest BCUT2D eigenvalue weighted by molar-refractivity contribution is 7.92. The topological polar surface area (TPSA) is 110 Å². The monoisotopic (exact) mass is 444 g/mol. The van der Waals surface area contributed by atoms with Crippen molar-refractivity contribution in [3.8, 4) is 5.75 Å². The number of rotatable bonds is 10. The number of hydrogen-bond donors (Lipinski definition) is 1. The van der Waals surface area contributed by atoms with Gasteiger partial charge in [-0.15, -0.1) is 0 Å². The van der Waals surface area contributed by atoms with Gasteiger partial charge in [-0.25, -0.2) is 8.42 Å². The number of benzene rings is 2. The summed E-state index contributed by atoms with van der Waals surface area (Å²) in [6, 6.07) is 13.4. The van der Waals surface area contributed by atoms with Crippen LogP contribution in [0.3, 0.4) is 0 Å². The van der Waals surface area contributed by atoms with Crippen LogP contribution in [0, 0.1) is 0 Å². The molecule has 1 N–H and O–H groups in total. The van der Waals surface area contributed by atoms with E-state index in [1.54, 1.807) is 48.5 Å². The van der Waals surface area contributed by atoms with Crippen LogP contribution in [0.25, 0.3) is 0 Å². The minimum absolute atomic E-state index is 0.135. The fourth-order valence-corrected chi connectivity index (χ4v) is 4.60. The molecule has 0 aromatic heterocycles. The van der Waals surface area contributed by atoms with Crippen molar-refractivity contribution >= 4 is 33.2 Å². The summed E-state index contributed by atoms with van der Waals surface area (Å²) in [5.74, 6) is -1.77. The number of anilines is 1. The summed E-state index contributed by atoms with van der Waals surface area (Å²) >= 11 is 0. The Morgan fingerprint density at radius 2 is 1.58 bits per heavy atom. The number of nitrogens with zero attached hydrogens (tertiary/aromatic N) is 1. The Morgan fingerprint density at radius 1 is 0.968 bits per heavy atom. The average molecular weight is 445 g/mol. The molecule has 0 atom stereocenters. The standard InChI is InChI=1S/C22H24N2O6S/c1-2-30-19-12-6-5-11-18(19)23-20(25)15-31(28,29)14-8-7-13-24-21(26)16-9-3-4-10-17(16)22(24)27/h3-6,9-12H,2,7-8,13-15H2,1H3,(H,23,25). The van der Waals surface area contributed by atoms with Crippen LogP contribution in [0.2, 0.25) is 0 Å². The predicted octanol–water partition coefficient (Wildman–Crippen LogP) is 2.52. The number of hydrogen-bond acceptors (Lipinski definition) is 6. The number of nitrogens with one attached hydrogen (secondary N) is 1. The predicted molar refractivity (Wildman–Crippen MR) is 116 cm³/mol. The van der Waals surface area contributed by atoms with Crippen molar-refractivity contribution < 1.29 is 27.5 Å². The van der Waals surface area contributed by atoms with E-state index in [2.05, 4.69) is 5.32 Å². The molecule has 8 nitrogen and oxygen atoms in total. The minimum Gasteiger partial charge on any atom is -0.492 e. The highest BCUT2D eigenvalue weighted by Crippen LogP contribution is 2.24. The first-order valence-corrected chi connectivity index (χ1v) is 11.8. The molecule has 1 aliphatic heterocycles. The molecule has 0 saturated heterocycles. The average Bonchev–Trinajstić information content (AvgIpc) is 2.97. The summed E-state index contributed by atoms with van der Waals surface area (Å²) in [5, 5.41) is 2.57. The van der Waals surface area contributed by atoms with Crippen LogP contribution in [0.1, 0.15) is 40.5 Å². The third kappa shape index (κ3) is 5.49. The van der Waals surface area contributed by atoms with Gasteiger partial charge in [-0.2, -0.15) is 0 Å². The number of fused-ring (bicyclic) bond motifs is 1. The van der Waals surface area contributed by atoms with Crippen LogP contribution >= 0.6 is 0 Å². The van der Waals surface area contributed by atoms with Crippen LogP contribution in [0.4, 0.5) is 5.69 Å². The van der Waals surface area contributed by atoms with Gasteiger partial charge in [0.1, 0.15) is 11.5 Å². The fraction of sp³-hybridized carbons (Fsp3) is 0.318. The third-order valence-corrected chi connectivity index (χ3v) is 6.39. The van der Waals surface area contributed by atoms with Crippen molar-refractivity contribution in [2.45, 2.75) is 19.8 Å². The maximum absolute atomic E-state index is 12.3. The third-order valence-electron chi connectivity index (χ3n) is 4.78. The summed E-state index contributed by atoms with van der Waals surface area (Å²) < 4.78 is 30.0. The molecule has 0 fully saturated rings. The molecule has 0 aliphatic carbocycles. The van der Waals surface area contributed by atoms with E-state index in [-0.39, 0.29) is 30.5 Å². The number of para-hydroxylation sites is 2. The molecule has 164 valence electrons. The molecule has 3 amide bonds. The largest absolute Gasteiger partial charge is 0.492 e. The number of imide groups is 1. The van der Waals surface area contributed by atoms with Crippen molar-refractivity contribution in [1.29, 1.82) is 0 Å². The molecule has 1 aliphatic rings. The molecular weight excluding hydrogens is 420 g/mol. The molecule has 0 bridgehead atoms. The SMILES string of the molecule is CCOc1ccccc1NC(=O)CS(=O)(=O)CCCCN1C(=O)c2ccccc2C1=O. The number of amides is 3. The molecule has 1 heterocycles. The number of sulfone groups is 1. The first-order chi connectivity index (χ1) is 14.8. The lowest BCUT2D eigenvalue weighted by Crippen LogP contribution is -2.31. The van der Waals surface area contributed by atoms with Gasteiger partial charge in [0.05, 0.1) is 29.2 Å². The second kappa shape index (κ2) is 9.74. The lowest BCUT2D eigenvalue weighted by Gasteiger charge is -2.13. The van der Waals surface area contributed by atoms with Crippen LogP contribution in [-0.4, -0.2) is 55.7 Å². The normalized spacial score (nSPS) is 13.3. The zero-order valence-electron chi connectivity index (χ0n) is 17.2. The van der Waals surface area contributed by atoms with Gasteiger partial charge in [0.25, 0.3) is 11.8 Å². The lowest BCUT2D eigenvalue weighted by atomic mass is 10.1.